The first-order chi connectivity index (χ1) is 11.3. The molecule has 0 atom stereocenters. The number of carbonyl (C=O) groups is 1. The highest BCUT2D eigenvalue weighted by molar-refractivity contribution is 5.91. The monoisotopic (exact) mass is 308 g/mol. The summed E-state index contributed by atoms with van der Waals surface area (Å²) in [4.78, 5) is 16.1. The molecule has 3 aromatic rings. The van der Waals surface area contributed by atoms with Gasteiger partial charge >= 0.3 is 0 Å². The average Bonchev–Trinajstić information content (AvgIpc) is 3.00. The molecule has 0 fully saturated rings. The SMILES string of the molecule is COCC(=O)Nc1cc(-c2ccccn2)nn1-c1ccccc1. The normalized spacial score (nSPS) is 10.5. The molecule has 6 heteroatoms. The van der Waals surface area contributed by atoms with Gasteiger partial charge in [0.05, 0.1) is 11.4 Å². The van der Waals surface area contributed by atoms with Crippen LogP contribution in [0.5, 0.6) is 0 Å². The van der Waals surface area contributed by atoms with Gasteiger partial charge in [-0.05, 0) is 24.3 Å². The maximum absolute atomic E-state index is 11.8. The van der Waals surface area contributed by atoms with Gasteiger partial charge in [-0.25, -0.2) is 4.68 Å². The molecule has 0 unspecified atom stereocenters. The van der Waals surface area contributed by atoms with Crippen LogP contribution in [-0.2, 0) is 9.53 Å². The zero-order chi connectivity index (χ0) is 16.1. The van der Waals surface area contributed by atoms with Crippen molar-refractivity contribution >= 4 is 11.7 Å². The van der Waals surface area contributed by atoms with E-state index in [0.717, 1.165) is 11.4 Å². The van der Waals surface area contributed by atoms with Crippen LogP contribution < -0.4 is 5.32 Å². The van der Waals surface area contributed by atoms with Crippen molar-refractivity contribution in [3.63, 3.8) is 0 Å². The number of para-hydroxylation sites is 1. The Morgan fingerprint density at radius 2 is 1.91 bits per heavy atom. The standard InChI is InChI=1S/C17H16N4O2/c1-23-12-17(22)19-16-11-15(14-9-5-6-10-18-14)20-21(16)13-7-3-2-4-8-13/h2-11H,12H2,1H3,(H,19,22). The molecule has 0 saturated heterocycles. The number of methoxy groups -OCH3 is 1. The fourth-order valence-corrected chi connectivity index (χ4v) is 2.19. The zero-order valence-electron chi connectivity index (χ0n) is 12.6. The van der Waals surface area contributed by atoms with Crippen LogP contribution in [0.4, 0.5) is 5.82 Å². The van der Waals surface area contributed by atoms with Gasteiger partial charge in [-0.3, -0.25) is 9.78 Å². The van der Waals surface area contributed by atoms with Crippen molar-refractivity contribution in [3.8, 4) is 17.1 Å². The number of nitrogens with one attached hydrogen (secondary N) is 1. The van der Waals surface area contributed by atoms with Crippen molar-refractivity contribution in [2.75, 3.05) is 19.0 Å². The molecular weight excluding hydrogens is 292 g/mol. The summed E-state index contributed by atoms with van der Waals surface area (Å²) in [5.74, 6) is 0.330. The summed E-state index contributed by atoms with van der Waals surface area (Å²) >= 11 is 0. The maximum Gasteiger partial charge on any atom is 0.251 e. The molecule has 3 rings (SSSR count). The van der Waals surface area contributed by atoms with E-state index in [-0.39, 0.29) is 12.5 Å². The van der Waals surface area contributed by atoms with Gasteiger partial charge in [-0.2, -0.15) is 5.10 Å². The number of hydrogen-bond acceptors (Lipinski definition) is 4. The predicted octanol–water partition coefficient (Wildman–Crippen LogP) is 2.52. The lowest BCUT2D eigenvalue weighted by atomic mass is 10.3. The summed E-state index contributed by atoms with van der Waals surface area (Å²) in [6.07, 6.45) is 1.71. The lowest BCUT2D eigenvalue weighted by molar-refractivity contribution is -0.119. The molecule has 0 aliphatic heterocycles. The molecule has 1 aromatic carbocycles. The first kappa shape index (κ1) is 14.9. The predicted molar refractivity (Wildman–Crippen MR) is 87.3 cm³/mol. The van der Waals surface area contributed by atoms with Gasteiger partial charge in [0.15, 0.2) is 0 Å². The van der Waals surface area contributed by atoms with Gasteiger partial charge in [0.1, 0.15) is 18.1 Å². The van der Waals surface area contributed by atoms with Gasteiger partial charge in [-0.1, -0.05) is 24.3 Å². The summed E-state index contributed by atoms with van der Waals surface area (Å²) in [6.45, 7) is -0.0150. The summed E-state index contributed by atoms with van der Waals surface area (Å²) in [6, 6.07) is 17.0. The minimum Gasteiger partial charge on any atom is -0.375 e. The van der Waals surface area contributed by atoms with E-state index < -0.39 is 0 Å². The molecule has 1 N–H and O–H groups in total. The van der Waals surface area contributed by atoms with E-state index in [2.05, 4.69) is 15.4 Å². The third-order valence-corrected chi connectivity index (χ3v) is 3.18. The molecule has 0 saturated carbocycles. The van der Waals surface area contributed by atoms with Crippen molar-refractivity contribution < 1.29 is 9.53 Å². The molecular formula is C17H16N4O2. The van der Waals surface area contributed by atoms with Gasteiger partial charge in [-0.15, -0.1) is 0 Å². The van der Waals surface area contributed by atoms with Crippen LogP contribution in [0.25, 0.3) is 17.1 Å². The third kappa shape index (κ3) is 3.44. The number of nitrogens with zero attached hydrogens (tertiary/aromatic N) is 3. The lowest BCUT2D eigenvalue weighted by Gasteiger charge is -2.08. The molecule has 0 aliphatic rings. The number of pyridine rings is 1. The summed E-state index contributed by atoms with van der Waals surface area (Å²) in [5.41, 5.74) is 2.27. The highest BCUT2D eigenvalue weighted by atomic mass is 16.5. The largest absolute Gasteiger partial charge is 0.375 e. The lowest BCUT2D eigenvalue weighted by Crippen LogP contribution is -2.19. The van der Waals surface area contributed by atoms with E-state index in [0.29, 0.717) is 11.5 Å². The molecule has 6 nitrogen and oxygen atoms in total. The van der Waals surface area contributed by atoms with Crippen LogP contribution in [0.15, 0.2) is 60.8 Å². The third-order valence-electron chi connectivity index (χ3n) is 3.18. The smallest absolute Gasteiger partial charge is 0.251 e. The van der Waals surface area contributed by atoms with Gasteiger partial charge in [0, 0.05) is 19.4 Å². The van der Waals surface area contributed by atoms with Crippen LogP contribution in [0.1, 0.15) is 0 Å². The average molecular weight is 308 g/mol. The molecule has 1 amide bonds. The minimum atomic E-state index is -0.239. The van der Waals surface area contributed by atoms with Crippen LogP contribution in [0.2, 0.25) is 0 Å². The number of aromatic nitrogens is 3. The summed E-state index contributed by atoms with van der Waals surface area (Å²) < 4.78 is 6.54. The van der Waals surface area contributed by atoms with E-state index in [9.17, 15) is 4.79 Å². The Labute approximate surface area is 133 Å². The quantitative estimate of drug-likeness (QED) is 0.786. The van der Waals surface area contributed by atoms with Crippen molar-refractivity contribution in [1.82, 2.24) is 14.8 Å². The molecule has 0 spiro atoms. The highest BCUT2D eigenvalue weighted by Crippen LogP contribution is 2.23. The Balaban J connectivity index is 2.02. The van der Waals surface area contributed by atoms with Gasteiger partial charge in [0.2, 0.25) is 0 Å². The number of carbonyl (C=O) groups excluding carboxylic acids is 1. The zero-order valence-corrected chi connectivity index (χ0v) is 12.6. The first-order valence-corrected chi connectivity index (χ1v) is 7.13. The number of benzene rings is 1. The highest BCUT2D eigenvalue weighted by Gasteiger charge is 2.14. The minimum absolute atomic E-state index is 0.0150. The number of rotatable bonds is 5. The van der Waals surface area contributed by atoms with Crippen LogP contribution in [-0.4, -0.2) is 34.4 Å². The summed E-state index contributed by atoms with van der Waals surface area (Å²) in [7, 11) is 1.48. The number of hydrogen-bond donors (Lipinski definition) is 1. The van der Waals surface area contributed by atoms with Crippen molar-refractivity contribution in [3.05, 3.63) is 60.8 Å². The van der Waals surface area contributed by atoms with E-state index in [1.54, 1.807) is 16.9 Å². The molecule has 2 aromatic heterocycles. The molecule has 0 aliphatic carbocycles. The maximum atomic E-state index is 11.8. The van der Waals surface area contributed by atoms with E-state index >= 15 is 0 Å². The van der Waals surface area contributed by atoms with Crippen molar-refractivity contribution in [2.24, 2.45) is 0 Å². The Hall–Kier alpha value is -2.99. The first-order valence-electron chi connectivity index (χ1n) is 7.13. The second kappa shape index (κ2) is 6.85. The fourth-order valence-electron chi connectivity index (χ4n) is 2.19. The molecule has 116 valence electrons. The van der Waals surface area contributed by atoms with Gasteiger partial charge in [0.25, 0.3) is 5.91 Å². The van der Waals surface area contributed by atoms with E-state index in [1.807, 2.05) is 48.5 Å². The number of amides is 1. The van der Waals surface area contributed by atoms with Crippen LogP contribution in [0.3, 0.4) is 0 Å². The second-order valence-electron chi connectivity index (χ2n) is 4.86. The molecule has 23 heavy (non-hydrogen) atoms. The topological polar surface area (TPSA) is 69.0 Å². The van der Waals surface area contributed by atoms with Crippen LogP contribution >= 0.6 is 0 Å². The summed E-state index contributed by atoms with van der Waals surface area (Å²) in [5, 5.41) is 7.37. The number of anilines is 1. The van der Waals surface area contributed by atoms with Crippen LogP contribution in [0, 0.1) is 0 Å². The Morgan fingerprint density at radius 1 is 1.13 bits per heavy atom. The van der Waals surface area contributed by atoms with E-state index in [4.69, 9.17) is 4.74 Å². The second-order valence-corrected chi connectivity index (χ2v) is 4.86. The molecule has 0 radical (unpaired) electrons. The number of ether oxygens (including phenoxy) is 1. The van der Waals surface area contributed by atoms with Gasteiger partial charge < -0.3 is 10.1 Å². The van der Waals surface area contributed by atoms with Crippen molar-refractivity contribution in [1.29, 1.82) is 0 Å². The van der Waals surface area contributed by atoms with E-state index in [1.165, 1.54) is 7.11 Å². The Kier molecular flexibility index (Phi) is 4.44. The fraction of sp³-hybridized carbons (Fsp3) is 0.118. The molecule has 0 bridgehead atoms. The Morgan fingerprint density at radius 3 is 2.61 bits per heavy atom. The van der Waals surface area contributed by atoms with Crippen molar-refractivity contribution in [2.45, 2.75) is 0 Å². The Bertz CT molecular complexity index is 785. The molecule has 2 heterocycles.